The molecule has 96 valence electrons. The van der Waals surface area contributed by atoms with Gasteiger partial charge in [-0.05, 0) is 31.6 Å². The van der Waals surface area contributed by atoms with Crippen molar-refractivity contribution in [2.24, 2.45) is 0 Å². The van der Waals surface area contributed by atoms with Crippen molar-refractivity contribution in [1.29, 1.82) is 0 Å². The van der Waals surface area contributed by atoms with Crippen LogP contribution < -0.4 is 5.32 Å². The molecule has 0 radical (unpaired) electrons. The fraction of sp³-hybridized carbons (Fsp3) is 0.143. The highest BCUT2D eigenvalue weighted by molar-refractivity contribution is 6.35. The van der Waals surface area contributed by atoms with Crippen molar-refractivity contribution in [3.05, 3.63) is 40.8 Å². The maximum Gasteiger partial charge on any atom is 0.257 e. The Balaban J connectivity index is 2.22. The summed E-state index contributed by atoms with van der Waals surface area (Å²) in [6.45, 7) is 3.50. The summed E-state index contributed by atoms with van der Waals surface area (Å²) in [6.07, 6.45) is 5.37. The van der Waals surface area contributed by atoms with Crippen LogP contribution in [0.5, 0.6) is 5.75 Å². The average Bonchev–Trinajstić information content (AvgIpc) is 2.97. The molecule has 0 atom stereocenters. The molecule has 0 unspecified atom stereocenters. The monoisotopic (exact) mass is 255 g/mol. The number of fused-ring (bicyclic) bond motifs is 1. The van der Waals surface area contributed by atoms with E-state index in [0.717, 1.165) is 5.56 Å². The number of anilines is 1. The van der Waals surface area contributed by atoms with Crippen molar-refractivity contribution in [3.8, 4) is 5.75 Å². The molecule has 1 aliphatic rings. The van der Waals surface area contributed by atoms with E-state index in [9.17, 15) is 9.90 Å². The predicted molar refractivity (Wildman–Crippen MR) is 72.7 cm³/mol. The second-order valence-electron chi connectivity index (χ2n) is 4.55. The van der Waals surface area contributed by atoms with Crippen molar-refractivity contribution in [2.45, 2.75) is 13.8 Å². The standard InChI is InChI=1S/C14H13N3O2/c1-7-11-10(5-9-3-4-15-6-9)14(19)17-13(11)16-8(2)12(7)18/h3-6,15,18H,1-2H3,(H,16,17,19)/b10-5-. The van der Waals surface area contributed by atoms with Gasteiger partial charge in [-0.1, -0.05) is 0 Å². The number of aromatic amines is 1. The minimum atomic E-state index is -0.197. The molecule has 0 bridgehead atoms. The predicted octanol–water partition coefficient (Wildman–Crippen LogP) is 2.22. The van der Waals surface area contributed by atoms with Gasteiger partial charge >= 0.3 is 0 Å². The van der Waals surface area contributed by atoms with Gasteiger partial charge < -0.3 is 15.4 Å². The molecule has 19 heavy (non-hydrogen) atoms. The van der Waals surface area contributed by atoms with Crippen molar-refractivity contribution in [1.82, 2.24) is 9.97 Å². The highest BCUT2D eigenvalue weighted by Crippen LogP contribution is 2.38. The highest BCUT2D eigenvalue weighted by Gasteiger charge is 2.29. The topological polar surface area (TPSA) is 78.0 Å². The summed E-state index contributed by atoms with van der Waals surface area (Å²) in [5.74, 6) is 0.451. The van der Waals surface area contributed by atoms with Crippen molar-refractivity contribution >= 4 is 23.4 Å². The van der Waals surface area contributed by atoms with Gasteiger partial charge in [-0.15, -0.1) is 0 Å². The Morgan fingerprint density at radius 2 is 2.16 bits per heavy atom. The number of carbonyl (C=O) groups excluding carboxylic acids is 1. The zero-order valence-electron chi connectivity index (χ0n) is 10.6. The lowest BCUT2D eigenvalue weighted by Gasteiger charge is -2.07. The lowest BCUT2D eigenvalue weighted by Crippen LogP contribution is -2.04. The smallest absolute Gasteiger partial charge is 0.257 e. The number of aryl methyl sites for hydroxylation is 1. The first kappa shape index (κ1) is 11.5. The number of aromatic hydroxyl groups is 1. The van der Waals surface area contributed by atoms with Crippen LogP contribution in [0.4, 0.5) is 5.82 Å². The molecule has 3 heterocycles. The number of rotatable bonds is 1. The zero-order valence-corrected chi connectivity index (χ0v) is 10.6. The van der Waals surface area contributed by atoms with Gasteiger partial charge in [0, 0.05) is 23.5 Å². The normalized spacial score (nSPS) is 15.7. The van der Waals surface area contributed by atoms with Crippen LogP contribution in [0, 0.1) is 13.8 Å². The van der Waals surface area contributed by atoms with Crippen LogP contribution in [-0.2, 0) is 4.79 Å². The van der Waals surface area contributed by atoms with Gasteiger partial charge in [-0.2, -0.15) is 0 Å². The van der Waals surface area contributed by atoms with E-state index in [1.54, 1.807) is 32.3 Å². The van der Waals surface area contributed by atoms with Crippen molar-refractivity contribution < 1.29 is 9.90 Å². The third-order valence-electron chi connectivity index (χ3n) is 3.27. The number of aromatic nitrogens is 2. The lowest BCUT2D eigenvalue weighted by atomic mass is 10.0. The van der Waals surface area contributed by atoms with Gasteiger partial charge in [-0.25, -0.2) is 4.98 Å². The molecule has 0 fully saturated rings. The molecule has 0 saturated heterocycles. The highest BCUT2D eigenvalue weighted by atomic mass is 16.3. The largest absolute Gasteiger partial charge is 0.506 e. The van der Waals surface area contributed by atoms with E-state index in [1.807, 2.05) is 6.07 Å². The van der Waals surface area contributed by atoms with E-state index in [4.69, 9.17) is 0 Å². The summed E-state index contributed by atoms with van der Waals surface area (Å²) < 4.78 is 0. The third kappa shape index (κ3) is 1.71. The molecule has 1 aliphatic heterocycles. The summed E-state index contributed by atoms with van der Waals surface area (Å²) in [5.41, 5.74) is 3.28. The number of H-pyrrole nitrogens is 1. The Labute approximate surface area is 110 Å². The number of pyridine rings is 1. The van der Waals surface area contributed by atoms with Crippen molar-refractivity contribution in [3.63, 3.8) is 0 Å². The number of nitrogens with one attached hydrogen (secondary N) is 2. The maximum absolute atomic E-state index is 12.0. The molecule has 0 aliphatic carbocycles. The molecule has 1 amide bonds. The number of hydrogen-bond acceptors (Lipinski definition) is 3. The fourth-order valence-corrected chi connectivity index (χ4v) is 2.28. The number of hydrogen-bond donors (Lipinski definition) is 3. The minimum absolute atomic E-state index is 0.134. The molecule has 0 saturated carbocycles. The Kier molecular flexibility index (Phi) is 2.41. The van der Waals surface area contributed by atoms with Crippen LogP contribution in [0.1, 0.15) is 22.4 Å². The summed E-state index contributed by atoms with van der Waals surface area (Å²) in [5, 5.41) is 12.7. The number of nitrogens with zero attached hydrogens (tertiary/aromatic N) is 1. The minimum Gasteiger partial charge on any atom is -0.506 e. The molecule has 2 aromatic heterocycles. The maximum atomic E-state index is 12.0. The second kappa shape index (κ2) is 3.98. The van der Waals surface area contributed by atoms with Gasteiger partial charge in [0.25, 0.3) is 5.91 Å². The quantitative estimate of drug-likeness (QED) is 0.684. The van der Waals surface area contributed by atoms with Crippen molar-refractivity contribution in [2.75, 3.05) is 5.32 Å². The van der Waals surface area contributed by atoms with Gasteiger partial charge in [0.15, 0.2) is 0 Å². The van der Waals surface area contributed by atoms with Gasteiger partial charge in [0.2, 0.25) is 0 Å². The van der Waals surface area contributed by atoms with Crippen LogP contribution >= 0.6 is 0 Å². The first-order chi connectivity index (χ1) is 9.08. The number of carbonyl (C=O) groups is 1. The van der Waals surface area contributed by atoms with E-state index in [2.05, 4.69) is 15.3 Å². The Bertz CT molecular complexity index is 700. The molecule has 3 N–H and O–H groups in total. The van der Waals surface area contributed by atoms with Crippen LogP contribution in [0.15, 0.2) is 18.5 Å². The summed E-state index contributed by atoms with van der Waals surface area (Å²) in [6, 6.07) is 1.87. The Morgan fingerprint density at radius 3 is 2.84 bits per heavy atom. The summed E-state index contributed by atoms with van der Waals surface area (Å²) >= 11 is 0. The molecular formula is C14H13N3O2. The SMILES string of the molecule is Cc1nc2c(c(C)c1O)/C(=C/c1cc[nH]c1)C(=O)N2. The molecule has 2 aromatic rings. The van der Waals surface area contributed by atoms with Crippen LogP contribution in [0.25, 0.3) is 11.6 Å². The van der Waals surface area contributed by atoms with Gasteiger partial charge in [0.05, 0.1) is 11.3 Å². The van der Waals surface area contributed by atoms with E-state index in [0.29, 0.717) is 28.2 Å². The van der Waals surface area contributed by atoms with E-state index in [1.165, 1.54) is 0 Å². The van der Waals surface area contributed by atoms with E-state index >= 15 is 0 Å². The number of amides is 1. The first-order valence-electron chi connectivity index (χ1n) is 5.94. The van der Waals surface area contributed by atoms with E-state index in [-0.39, 0.29) is 11.7 Å². The molecule has 5 nitrogen and oxygen atoms in total. The van der Waals surface area contributed by atoms with Crippen LogP contribution in [0.3, 0.4) is 0 Å². The molecule has 0 spiro atoms. The molecule has 5 heteroatoms. The molecule has 0 aromatic carbocycles. The summed E-state index contributed by atoms with van der Waals surface area (Å²) in [4.78, 5) is 19.2. The van der Waals surface area contributed by atoms with Crippen LogP contribution in [-0.4, -0.2) is 21.0 Å². The third-order valence-corrected chi connectivity index (χ3v) is 3.27. The Morgan fingerprint density at radius 1 is 1.37 bits per heavy atom. The van der Waals surface area contributed by atoms with Crippen LogP contribution in [0.2, 0.25) is 0 Å². The molecular weight excluding hydrogens is 242 g/mol. The first-order valence-corrected chi connectivity index (χ1v) is 5.94. The summed E-state index contributed by atoms with van der Waals surface area (Å²) in [7, 11) is 0. The fourth-order valence-electron chi connectivity index (χ4n) is 2.28. The van der Waals surface area contributed by atoms with Gasteiger partial charge in [0.1, 0.15) is 11.6 Å². The molecule has 3 rings (SSSR count). The van der Waals surface area contributed by atoms with E-state index < -0.39 is 0 Å². The second-order valence-corrected chi connectivity index (χ2v) is 4.55. The zero-order chi connectivity index (χ0) is 13.6. The average molecular weight is 255 g/mol. The lowest BCUT2D eigenvalue weighted by molar-refractivity contribution is -0.110. The Hall–Kier alpha value is -2.56. The van der Waals surface area contributed by atoms with Gasteiger partial charge in [-0.3, -0.25) is 4.79 Å².